The summed E-state index contributed by atoms with van der Waals surface area (Å²) in [7, 11) is 1.61. The number of hydrogen-bond acceptors (Lipinski definition) is 4. The molecule has 0 radical (unpaired) electrons. The summed E-state index contributed by atoms with van der Waals surface area (Å²) in [4.78, 5) is 30.2. The maximum atomic E-state index is 13.1. The fourth-order valence-corrected chi connectivity index (χ4v) is 4.84. The van der Waals surface area contributed by atoms with Gasteiger partial charge in [0.1, 0.15) is 5.75 Å². The number of ether oxygens (including phenoxy) is 1. The first-order chi connectivity index (χ1) is 15.6. The minimum absolute atomic E-state index is 0.0239. The van der Waals surface area contributed by atoms with Crippen LogP contribution in [0.5, 0.6) is 5.75 Å². The van der Waals surface area contributed by atoms with Gasteiger partial charge in [-0.3, -0.25) is 9.69 Å². The van der Waals surface area contributed by atoms with Gasteiger partial charge >= 0.3 is 6.03 Å². The summed E-state index contributed by atoms with van der Waals surface area (Å²) in [5, 5.41) is 6.18. The number of nitrogens with zero attached hydrogens (tertiary/aromatic N) is 2. The van der Waals surface area contributed by atoms with E-state index in [9.17, 15) is 9.59 Å². The van der Waals surface area contributed by atoms with E-state index in [1.165, 1.54) is 12.8 Å². The molecule has 2 aromatic rings. The number of nitrogens with one attached hydrogen (secondary N) is 2. The van der Waals surface area contributed by atoms with Gasteiger partial charge in [0, 0.05) is 48.7 Å². The monoisotopic (exact) mass is 434 g/mol. The highest BCUT2D eigenvalue weighted by atomic mass is 16.5. The number of fused-ring (bicyclic) bond motifs is 1. The van der Waals surface area contributed by atoms with Crippen LogP contribution in [-0.2, 0) is 6.42 Å². The molecule has 2 aromatic carbocycles. The molecule has 0 unspecified atom stereocenters. The Hall–Kier alpha value is -3.06. The number of benzene rings is 2. The number of urea groups is 1. The Bertz CT molecular complexity index is 995. The van der Waals surface area contributed by atoms with Crippen LogP contribution in [0.25, 0.3) is 0 Å². The Labute approximate surface area is 188 Å². The molecule has 2 heterocycles. The fourth-order valence-electron chi connectivity index (χ4n) is 4.84. The number of amides is 3. The Balaban J connectivity index is 1.24. The molecule has 2 fully saturated rings. The summed E-state index contributed by atoms with van der Waals surface area (Å²) < 4.78 is 5.17. The third-order valence-electron chi connectivity index (χ3n) is 6.79. The van der Waals surface area contributed by atoms with E-state index < -0.39 is 0 Å². The van der Waals surface area contributed by atoms with Gasteiger partial charge in [-0.2, -0.15) is 0 Å². The molecule has 3 aliphatic rings. The van der Waals surface area contributed by atoms with E-state index in [1.54, 1.807) is 12.0 Å². The molecule has 5 rings (SSSR count). The molecule has 168 valence electrons. The van der Waals surface area contributed by atoms with Crippen molar-refractivity contribution in [1.82, 2.24) is 10.2 Å². The number of hydrogen-bond donors (Lipinski definition) is 2. The molecular weight excluding hydrogens is 404 g/mol. The third-order valence-corrected chi connectivity index (χ3v) is 6.79. The molecule has 32 heavy (non-hydrogen) atoms. The summed E-state index contributed by atoms with van der Waals surface area (Å²) in [6.45, 7) is 2.70. The second-order valence-corrected chi connectivity index (χ2v) is 8.88. The number of carbonyl (C=O) groups excluding carboxylic acids is 2. The summed E-state index contributed by atoms with van der Waals surface area (Å²) in [5.41, 5.74) is 3.15. The van der Waals surface area contributed by atoms with E-state index in [2.05, 4.69) is 15.5 Å². The Morgan fingerprint density at radius 3 is 2.41 bits per heavy atom. The molecule has 3 amide bonds. The fraction of sp³-hybridized carbons (Fsp3) is 0.440. The van der Waals surface area contributed by atoms with Crippen LogP contribution in [0.3, 0.4) is 0 Å². The maximum absolute atomic E-state index is 13.1. The number of piperidine rings is 1. The number of methoxy groups -OCH3 is 1. The molecule has 0 bridgehead atoms. The molecule has 1 saturated heterocycles. The highest BCUT2D eigenvalue weighted by Gasteiger charge is 2.33. The first kappa shape index (κ1) is 20.8. The highest BCUT2D eigenvalue weighted by molar-refractivity contribution is 6.05. The molecule has 0 aromatic heterocycles. The van der Waals surface area contributed by atoms with E-state index >= 15 is 0 Å². The smallest absolute Gasteiger partial charge is 0.326 e. The van der Waals surface area contributed by atoms with E-state index in [4.69, 9.17) is 4.74 Å². The van der Waals surface area contributed by atoms with Crippen LogP contribution in [0.1, 0.15) is 41.6 Å². The minimum Gasteiger partial charge on any atom is -0.497 e. The average Bonchev–Trinajstić information content (AvgIpc) is 3.58. The second kappa shape index (κ2) is 8.82. The van der Waals surface area contributed by atoms with Crippen LogP contribution in [0.15, 0.2) is 42.5 Å². The number of carbonyl (C=O) groups is 2. The van der Waals surface area contributed by atoms with E-state index in [0.29, 0.717) is 24.2 Å². The lowest BCUT2D eigenvalue weighted by atomic mass is 10.0. The summed E-state index contributed by atoms with van der Waals surface area (Å²) in [5.74, 6) is 0.715. The van der Waals surface area contributed by atoms with Gasteiger partial charge in [0.2, 0.25) is 0 Å². The van der Waals surface area contributed by atoms with Gasteiger partial charge in [-0.05, 0) is 74.1 Å². The van der Waals surface area contributed by atoms with Crippen molar-refractivity contribution in [3.05, 3.63) is 53.6 Å². The zero-order chi connectivity index (χ0) is 22.1. The summed E-state index contributed by atoms with van der Waals surface area (Å²) in [6.07, 6.45) is 5.35. The lowest BCUT2D eigenvalue weighted by Crippen LogP contribution is -2.45. The molecule has 7 nitrogen and oxygen atoms in total. The van der Waals surface area contributed by atoms with E-state index in [0.717, 1.165) is 49.0 Å². The normalized spacial score (nSPS) is 18.8. The van der Waals surface area contributed by atoms with Crippen molar-refractivity contribution >= 4 is 23.3 Å². The molecule has 0 atom stereocenters. The topological polar surface area (TPSA) is 73.9 Å². The van der Waals surface area contributed by atoms with Gasteiger partial charge in [-0.25, -0.2) is 4.79 Å². The summed E-state index contributed by atoms with van der Waals surface area (Å²) in [6, 6.07) is 13.7. The zero-order valence-electron chi connectivity index (χ0n) is 18.5. The standard InChI is InChI=1S/C25H30N4O3/c1-32-20-9-5-17(6-10-20)27-25(31)29-16-13-21-22(3-2-4-23(21)29)24(30)26-18-11-14-28(15-12-18)19-7-8-19/h2-6,9-10,18-19H,7-8,11-16H2,1H3,(H,26,30)(H,27,31). The molecule has 1 aliphatic carbocycles. The van der Waals surface area contributed by atoms with Crippen molar-refractivity contribution in [2.75, 3.05) is 37.0 Å². The Morgan fingerprint density at radius 2 is 1.72 bits per heavy atom. The van der Waals surface area contributed by atoms with Crippen LogP contribution < -0.4 is 20.3 Å². The predicted octanol–water partition coefficient (Wildman–Crippen LogP) is 3.65. The number of likely N-dealkylation sites (tertiary alicyclic amines) is 1. The van der Waals surface area contributed by atoms with Crippen LogP contribution in [-0.4, -0.2) is 55.7 Å². The summed E-state index contributed by atoms with van der Waals surface area (Å²) >= 11 is 0. The van der Waals surface area contributed by atoms with Crippen LogP contribution in [0.4, 0.5) is 16.2 Å². The van der Waals surface area contributed by atoms with Gasteiger partial charge in [-0.1, -0.05) is 6.07 Å². The van der Waals surface area contributed by atoms with Crippen LogP contribution in [0, 0.1) is 0 Å². The van der Waals surface area contributed by atoms with Gasteiger partial charge < -0.3 is 20.3 Å². The van der Waals surface area contributed by atoms with Crippen molar-refractivity contribution in [2.45, 2.75) is 44.2 Å². The van der Waals surface area contributed by atoms with Crippen molar-refractivity contribution in [3.63, 3.8) is 0 Å². The zero-order valence-corrected chi connectivity index (χ0v) is 18.5. The lowest BCUT2D eigenvalue weighted by molar-refractivity contribution is 0.0908. The molecule has 7 heteroatoms. The maximum Gasteiger partial charge on any atom is 0.326 e. The first-order valence-corrected chi connectivity index (χ1v) is 11.5. The Kier molecular flexibility index (Phi) is 5.74. The van der Waals surface area contributed by atoms with Crippen LogP contribution >= 0.6 is 0 Å². The van der Waals surface area contributed by atoms with Gasteiger partial charge in [0.15, 0.2) is 0 Å². The van der Waals surface area contributed by atoms with Crippen molar-refractivity contribution in [3.8, 4) is 5.75 Å². The van der Waals surface area contributed by atoms with Gasteiger partial charge in [0.05, 0.1) is 7.11 Å². The average molecular weight is 435 g/mol. The highest BCUT2D eigenvalue weighted by Crippen LogP contribution is 2.32. The molecule has 0 spiro atoms. The van der Waals surface area contributed by atoms with Gasteiger partial charge in [0.25, 0.3) is 5.91 Å². The van der Waals surface area contributed by atoms with Crippen molar-refractivity contribution < 1.29 is 14.3 Å². The molecule has 1 saturated carbocycles. The third kappa shape index (κ3) is 4.30. The second-order valence-electron chi connectivity index (χ2n) is 8.88. The first-order valence-electron chi connectivity index (χ1n) is 11.5. The van der Waals surface area contributed by atoms with Crippen molar-refractivity contribution in [2.24, 2.45) is 0 Å². The van der Waals surface area contributed by atoms with E-state index in [-0.39, 0.29) is 18.0 Å². The number of rotatable bonds is 5. The minimum atomic E-state index is -0.195. The van der Waals surface area contributed by atoms with E-state index in [1.807, 2.05) is 42.5 Å². The quantitative estimate of drug-likeness (QED) is 0.754. The lowest BCUT2D eigenvalue weighted by Gasteiger charge is -2.32. The Morgan fingerprint density at radius 1 is 0.969 bits per heavy atom. The van der Waals surface area contributed by atoms with Gasteiger partial charge in [-0.15, -0.1) is 0 Å². The van der Waals surface area contributed by atoms with Crippen molar-refractivity contribution in [1.29, 1.82) is 0 Å². The molecule has 2 N–H and O–H groups in total. The SMILES string of the molecule is COc1ccc(NC(=O)N2CCc3c(C(=O)NC4CCN(C5CC5)CC4)cccc32)cc1. The van der Waals surface area contributed by atoms with Crippen LogP contribution in [0.2, 0.25) is 0 Å². The predicted molar refractivity (Wildman–Crippen MR) is 125 cm³/mol. The number of anilines is 2. The molecular formula is C25H30N4O3. The molecule has 2 aliphatic heterocycles. The largest absolute Gasteiger partial charge is 0.497 e.